The van der Waals surface area contributed by atoms with Gasteiger partial charge in [-0.25, -0.2) is 18.2 Å². The van der Waals surface area contributed by atoms with Crippen LogP contribution in [0.2, 0.25) is 0 Å². The van der Waals surface area contributed by atoms with E-state index < -0.39 is 68.9 Å². The van der Waals surface area contributed by atoms with Crippen LogP contribution in [0.3, 0.4) is 0 Å². The van der Waals surface area contributed by atoms with Crippen LogP contribution in [-0.2, 0) is 29.2 Å². The number of nitrogens with zero attached hydrogens (tertiary/aromatic N) is 2. The zero-order chi connectivity index (χ0) is 42.5. The molecule has 0 unspecified atom stereocenters. The number of carbonyl (C=O) groups is 4. The van der Waals surface area contributed by atoms with Crippen molar-refractivity contribution in [2.45, 2.75) is 119 Å². The quantitative estimate of drug-likeness (QED) is 0.261. The van der Waals surface area contributed by atoms with Gasteiger partial charge in [-0.1, -0.05) is 43.9 Å². The van der Waals surface area contributed by atoms with Gasteiger partial charge in [-0.3, -0.25) is 19.1 Å². The molecule has 2 aromatic rings. The number of hydrogen-bond acceptors (Lipinski definition) is 10. The average Bonchev–Trinajstić information content (AvgIpc) is 4.13. The molecule has 4 bridgehead atoms. The number of carbonyl (C=O) groups excluding carboxylic acids is 3. The van der Waals surface area contributed by atoms with E-state index in [0.717, 1.165) is 79.9 Å². The summed E-state index contributed by atoms with van der Waals surface area (Å²) in [7, 11) is -2.19. The predicted octanol–water partition coefficient (Wildman–Crippen LogP) is 5.02. The number of halogens is 3. The van der Waals surface area contributed by atoms with Gasteiger partial charge in [0.15, 0.2) is 0 Å². The zero-order valence-electron chi connectivity index (χ0n) is 33.0. The Hall–Kier alpha value is -4.71. The molecule has 59 heavy (non-hydrogen) atoms. The van der Waals surface area contributed by atoms with Gasteiger partial charge in [0.25, 0.3) is 5.91 Å². The summed E-state index contributed by atoms with van der Waals surface area (Å²) in [6, 6.07) is 4.45. The lowest BCUT2D eigenvalue weighted by Crippen LogP contribution is -2.59. The standard InChI is InChI=1S/C39H51N5O7S.C2HF3O2/c1-3-28-23-39(28,38(47)43-52(48,49)30-15-16-30)42-35(45)32-22-29-24-44(32)37(46)34(25-12-9-7-10-13-25)40-18-11-6-4-5-8-14-27-20-31-26(21-33(27)50-2)17-19-41-36(31)51-29;3-2(4,5)1(6)7/h3,8,14,17,19-21,25,28-30,32,34,40H,1,4-7,9-13,15-16,18,22-24H2,2H3,(H,42,45)(H,43,47);(H,6,7)/b14-8+;/t28-,29-,32+,34+,39-;/m1./s1. The number of nitrogens with one attached hydrogen (secondary N) is 3. The van der Waals surface area contributed by atoms with E-state index in [1.165, 1.54) is 0 Å². The summed E-state index contributed by atoms with van der Waals surface area (Å²) in [5, 5.41) is 14.7. The number of sulfonamides is 1. The third-order valence-corrected chi connectivity index (χ3v) is 13.6. The summed E-state index contributed by atoms with van der Waals surface area (Å²) >= 11 is 0. The van der Waals surface area contributed by atoms with E-state index in [4.69, 9.17) is 19.4 Å². The second-order valence-electron chi connectivity index (χ2n) is 16.0. The van der Waals surface area contributed by atoms with Crippen LogP contribution in [0.4, 0.5) is 13.2 Å². The first-order valence-electron chi connectivity index (χ1n) is 20.2. The largest absolute Gasteiger partial charge is 0.496 e. The van der Waals surface area contributed by atoms with Crippen LogP contribution in [0.25, 0.3) is 16.8 Å². The van der Waals surface area contributed by atoms with Crippen molar-refractivity contribution in [1.29, 1.82) is 0 Å². The number of ether oxygens (including phenoxy) is 2. The lowest BCUT2D eigenvalue weighted by atomic mass is 9.83. The van der Waals surface area contributed by atoms with Gasteiger partial charge in [-0.2, -0.15) is 13.2 Å². The van der Waals surface area contributed by atoms with Crippen molar-refractivity contribution < 1.29 is 55.3 Å². The summed E-state index contributed by atoms with van der Waals surface area (Å²) in [5.41, 5.74) is -0.554. The van der Waals surface area contributed by atoms with Gasteiger partial charge in [0.2, 0.25) is 27.7 Å². The lowest BCUT2D eigenvalue weighted by molar-refractivity contribution is -0.192. The Morgan fingerprint density at radius 2 is 1.81 bits per heavy atom. The van der Waals surface area contributed by atoms with Crippen molar-refractivity contribution in [3.05, 3.63) is 48.7 Å². The molecule has 14 nitrogen and oxygen atoms in total. The number of aromatic nitrogens is 1. The maximum Gasteiger partial charge on any atom is 0.490 e. The number of pyridine rings is 1. The number of carboxylic acid groups (broad SMARTS) is 1. The molecule has 3 heterocycles. The SMILES string of the molecule is C=C[C@@H]1C[C@]1(NC(=O)[C@@H]1C[C@@H]2CN1C(=O)[C@H](C1CCCCC1)NCCCCC/C=C/c1cc3c(nccc3cc1OC)O2)C(=O)NS(=O)(=O)C1CC1.O=C(O)C(F)(F)F. The molecule has 2 aliphatic heterocycles. The summed E-state index contributed by atoms with van der Waals surface area (Å²) in [4.78, 5) is 57.8. The monoisotopic (exact) mass is 847 g/mol. The first kappa shape index (κ1) is 43.9. The van der Waals surface area contributed by atoms with Crippen LogP contribution in [0.15, 0.2) is 43.1 Å². The zero-order valence-corrected chi connectivity index (χ0v) is 33.8. The lowest BCUT2D eigenvalue weighted by Gasteiger charge is -2.35. The van der Waals surface area contributed by atoms with Crippen LogP contribution in [0.5, 0.6) is 11.6 Å². The molecular weight excluding hydrogens is 796 g/mol. The van der Waals surface area contributed by atoms with Crippen LogP contribution in [-0.4, -0.2) is 102 Å². The summed E-state index contributed by atoms with van der Waals surface area (Å²) in [6.45, 7) is 4.67. The molecule has 7 rings (SSSR count). The molecule has 5 aliphatic rings. The first-order valence-corrected chi connectivity index (χ1v) is 21.8. The number of amides is 3. The van der Waals surface area contributed by atoms with Gasteiger partial charge >= 0.3 is 12.1 Å². The molecule has 0 spiro atoms. The van der Waals surface area contributed by atoms with E-state index in [1.807, 2.05) is 18.2 Å². The van der Waals surface area contributed by atoms with Gasteiger partial charge in [0, 0.05) is 29.5 Å². The van der Waals surface area contributed by atoms with E-state index in [-0.39, 0.29) is 31.2 Å². The minimum Gasteiger partial charge on any atom is -0.496 e. The van der Waals surface area contributed by atoms with E-state index in [2.05, 4.69) is 39.1 Å². The fraction of sp³-hybridized carbons (Fsp3) is 0.585. The third-order valence-electron chi connectivity index (χ3n) is 11.8. The summed E-state index contributed by atoms with van der Waals surface area (Å²) < 4.78 is 71.7. The molecule has 1 saturated heterocycles. The highest BCUT2D eigenvalue weighted by Crippen LogP contribution is 2.46. The smallest absolute Gasteiger partial charge is 0.490 e. The fourth-order valence-electron chi connectivity index (χ4n) is 8.28. The molecule has 322 valence electrons. The molecule has 3 saturated carbocycles. The fourth-order valence-corrected chi connectivity index (χ4v) is 9.64. The van der Waals surface area contributed by atoms with E-state index in [1.54, 1.807) is 24.3 Å². The van der Waals surface area contributed by atoms with E-state index in [9.17, 15) is 36.0 Å². The maximum absolute atomic E-state index is 14.7. The number of benzene rings is 1. The second-order valence-corrected chi connectivity index (χ2v) is 17.9. The van der Waals surface area contributed by atoms with Crippen molar-refractivity contribution in [2.24, 2.45) is 11.8 Å². The van der Waals surface area contributed by atoms with Crippen molar-refractivity contribution in [2.75, 3.05) is 20.2 Å². The Morgan fingerprint density at radius 3 is 2.46 bits per heavy atom. The molecule has 5 atom stereocenters. The first-order chi connectivity index (χ1) is 28.1. The Kier molecular flexibility index (Phi) is 13.6. The summed E-state index contributed by atoms with van der Waals surface area (Å²) in [5.74, 6) is -3.35. The van der Waals surface area contributed by atoms with E-state index >= 15 is 0 Å². The third kappa shape index (κ3) is 10.4. The number of allylic oxidation sites excluding steroid dienone is 1. The van der Waals surface area contributed by atoms with Gasteiger partial charge in [0.1, 0.15) is 23.4 Å². The Labute approximate surface area is 341 Å². The Morgan fingerprint density at radius 1 is 1.10 bits per heavy atom. The molecule has 0 radical (unpaired) electrons. The molecule has 4 N–H and O–H groups in total. The molecule has 3 amide bonds. The maximum atomic E-state index is 14.7. The molecule has 4 fully saturated rings. The average molecular weight is 848 g/mol. The van der Waals surface area contributed by atoms with Gasteiger partial charge in [-0.05, 0) is 87.4 Å². The Balaban J connectivity index is 0.000000768. The predicted molar refractivity (Wildman–Crippen MR) is 212 cm³/mol. The van der Waals surface area contributed by atoms with Gasteiger partial charge in [0.05, 0.1) is 24.9 Å². The van der Waals surface area contributed by atoms with Crippen molar-refractivity contribution >= 4 is 50.6 Å². The molecule has 3 aliphatic carbocycles. The molecular formula is C41H52F3N5O9S. The molecule has 1 aromatic heterocycles. The number of fused-ring (bicyclic) bond motifs is 3. The number of carboxylic acids is 1. The topological polar surface area (TPSA) is 193 Å². The highest BCUT2D eigenvalue weighted by molar-refractivity contribution is 7.91. The normalized spacial score (nSPS) is 27.3. The number of rotatable bonds is 8. The van der Waals surface area contributed by atoms with Crippen molar-refractivity contribution in [1.82, 2.24) is 25.2 Å². The minimum atomic E-state index is -5.08. The molecule has 18 heteroatoms. The van der Waals surface area contributed by atoms with Gasteiger partial charge < -0.3 is 30.1 Å². The summed E-state index contributed by atoms with van der Waals surface area (Å²) in [6.07, 6.45) is 12.2. The highest BCUT2D eigenvalue weighted by Gasteiger charge is 2.62. The van der Waals surface area contributed by atoms with E-state index in [0.29, 0.717) is 25.3 Å². The number of methoxy groups -OCH3 is 1. The van der Waals surface area contributed by atoms with Gasteiger partial charge in [-0.15, -0.1) is 6.58 Å². The van der Waals surface area contributed by atoms with Crippen LogP contribution in [0, 0.1) is 11.8 Å². The number of alkyl halides is 3. The Bertz CT molecular complexity index is 2050. The minimum absolute atomic E-state index is 0.143. The van der Waals surface area contributed by atoms with Crippen LogP contribution < -0.4 is 24.8 Å². The van der Waals surface area contributed by atoms with Crippen molar-refractivity contribution in [3.63, 3.8) is 0 Å². The molecule has 1 aromatic carbocycles. The van der Waals surface area contributed by atoms with Crippen LogP contribution in [0.1, 0.15) is 89.0 Å². The van der Waals surface area contributed by atoms with Crippen molar-refractivity contribution in [3.8, 4) is 11.6 Å². The number of aliphatic carboxylic acids is 1. The van der Waals surface area contributed by atoms with Crippen LogP contribution >= 0.6 is 0 Å². The highest BCUT2D eigenvalue weighted by atomic mass is 32.2. The number of hydrogen-bond donors (Lipinski definition) is 4. The second kappa shape index (κ2) is 18.3.